The average Bonchev–Trinajstić information content (AvgIpc) is 2.43. The first-order valence-corrected chi connectivity index (χ1v) is 7.35. The SMILES string of the molecule is CCCC(CCO)CNC1CC(C)(C)OC1(C)C. The van der Waals surface area contributed by atoms with Crippen LogP contribution in [0.25, 0.3) is 0 Å². The molecule has 3 heteroatoms. The molecule has 0 amide bonds. The van der Waals surface area contributed by atoms with Crippen molar-refractivity contribution in [3.05, 3.63) is 0 Å². The maximum absolute atomic E-state index is 9.09. The van der Waals surface area contributed by atoms with E-state index in [0.29, 0.717) is 18.6 Å². The summed E-state index contributed by atoms with van der Waals surface area (Å²) in [6.07, 6.45) is 4.32. The molecule has 1 rings (SSSR count). The zero-order chi connectivity index (χ0) is 13.8. The molecule has 0 bridgehead atoms. The second-order valence-electron chi connectivity index (χ2n) is 6.80. The second-order valence-corrected chi connectivity index (χ2v) is 6.80. The first-order chi connectivity index (χ1) is 8.30. The van der Waals surface area contributed by atoms with E-state index in [1.165, 1.54) is 12.8 Å². The predicted molar refractivity (Wildman–Crippen MR) is 75.8 cm³/mol. The largest absolute Gasteiger partial charge is 0.396 e. The monoisotopic (exact) mass is 257 g/mol. The minimum absolute atomic E-state index is 0.0294. The normalized spacial score (nSPS) is 27.3. The van der Waals surface area contributed by atoms with E-state index in [4.69, 9.17) is 9.84 Å². The van der Waals surface area contributed by atoms with Gasteiger partial charge in [-0.1, -0.05) is 13.3 Å². The van der Waals surface area contributed by atoms with E-state index in [9.17, 15) is 0 Å². The molecule has 18 heavy (non-hydrogen) atoms. The van der Waals surface area contributed by atoms with Crippen molar-refractivity contribution in [2.75, 3.05) is 13.2 Å². The van der Waals surface area contributed by atoms with Crippen LogP contribution < -0.4 is 5.32 Å². The van der Waals surface area contributed by atoms with Crippen LogP contribution in [0.3, 0.4) is 0 Å². The molecule has 0 saturated carbocycles. The van der Waals surface area contributed by atoms with Gasteiger partial charge >= 0.3 is 0 Å². The number of rotatable bonds is 7. The van der Waals surface area contributed by atoms with Gasteiger partial charge in [0.25, 0.3) is 0 Å². The number of aliphatic hydroxyl groups excluding tert-OH is 1. The molecule has 1 aliphatic rings. The van der Waals surface area contributed by atoms with E-state index in [1.807, 2.05) is 0 Å². The summed E-state index contributed by atoms with van der Waals surface area (Å²) >= 11 is 0. The lowest BCUT2D eigenvalue weighted by Crippen LogP contribution is -2.45. The van der Waals surface area contributed by atoms with Gasteiger partial charge in [0.2, 0.25) is 0 Å². The van der Waals surface area contributed by atoms with Crippen molar-refractivity contribution in [1.82, 2.24) is 5.32 Å². The molecule has 0 spiro atoms. The van der Waals surface area contributed by atoms with Crippen molar-refractivity contribution in [2.45, 2.75) is 77.5 Å². The van der Waals surface area contributed by atoms with Gasteiger partial charge in [-0.3, -0.25) is 0 Å². The molecule has 2 unspecified atom stereocenters. The number of aliphatic hydroxyl groups is 1. The molecule has 2 N–H and O–H groups in total. The minimum atomic E-state index is -0.0977. The van der Waals surface area contributed by atoms with Crippen molar-refractivity contribution >= 4 is 0 Å². The topological polar surface area (TPSA) is 41.5 Å². The number of hydrogen-bond acceptors (Lipinski definition) is 3. The van der Waals surface area contributed by atoms with Crippen molar-refractivity contribution in [2.24, 2.45) is 5.92 Å². The maximum Gasteiger partial charge on any atom is 0.0787 e. The highest BCUT2D eigenvalue weighted by Crippen LogP contribution is 2.37. The van der Waals surface area contributed by atoms with Crippen LogP contribution in [0.4, 0.5) is 0 Å². The number of ether oxygens (including phenoxy) is 1. The van der Waals surface area contributed by atoms with Crippen molar-refractivity contribution in [3.63, 3.8) is 0 Å². The summed E-state index contributed by atoms with van der Waals surface area (Å²) in [5.41, 5.74) is -0.127. The quantitative estimate of drug-likeness (QED) is 0.737. The first kappa shape index (κ1) is 15.9. The fourth-order valence-corrected chi connectivity index (χ4v) is 3.13. The lowest BCUT2D eigenvalue weighted by Gasteiger charge is -2.29. The fourth-order valence-electron chi connectivity index (χ4n) is 3.13. The molecule has 0 aromatic rings. The summed E-state index contributed by atoms with van der Waals surface area (Å²) in [6.45, 7) is 12.1. The van der Waals surface area contributed by atoms with Crippen LogP contribution in [0.1, 0.15) is 60.3 Å². The summed E-state index contributed by atoms with van der Waals surface area (Å²) in [5, 5.41) is 12.7. The van der Waals surface area contributed by atoms with Crippen LogP contribution >= 0.6 is 0 Å². The van der Waals surface area contributed by atoms with Crippen molar-refractivity contribution < 1.29 is 9.84 Å². The Morgan fingerprint density at radius 3 is 2.39 bits per heavy atom. The van der Waals surface area contributed by atoms with Gasteiger partial charge < -0.3 is 15.2 Å². The fraction of sp³-hybridized carbons (Fsp3) is 1.00. The molecule has 1 aliphatic heterocycles. The average molecular weight is 257 g/mol. The predicted octanol–water partition coefficient (Wildman–Crippen LogP) is 2.72. The highest BCUT2D eigenvalue weighted by atomic mass is 16.5. The zero-order valence-corrected chi connectivity index (χ0v) is 12.8. The Morgan fingerprint density at radius 1 is 1.28 bits per heavy atom. The van der Waals surface area contributed by atoms with Crippen LogP contribution in [0.2, 0.25) is 0 Å². The Hall–Kier alpha value is -0.120. The number of nitrogens with one attached hydrogen (secondary N) is 1. The smallest absolute Gasteiger partial charge is 0.0787 e. The first-order valence-electron chi connectivity index (χ1n) is 7.35. The van der Waals surface area contributed by atoms with Gasteiger partial charge in [0, 0.05) is 12.6 Å². The Bertz CT molecular complexity index is 245. The molecule has 1 heterocycles. The van der Waals surface area contributed by atoms with E-state index < -0.39 is 0 Å². The van der Waals surface area contributed by atoms with Crippen LogP contribution in [-0.4, -0.2) is 35.5 Å². The molecule has 3 nitrogen and oxygen atoms in total. The number of hydrogen-bond donors (Lipinski definition) is 2. The summed E-state index contributed by atoms with van der Waals surface area (Å²) in [7, 11) is 0. The van der Waals surface area contributed by atoms with E-state index in [0.717, 1.165) is 19.4 Å². The lowest BCUT2D eigenvalue weighted by molar-refractivity contribution is -0.0700. The Balaban J connectivity index is 2.46. The Morgan fingerprint density at radius 2 is 1.94 bits per heavy atom. The summed E-state index contributed by atoms with van der Waals surface area (Å²) in [4.78, 5) is 0. The Labute approximate surface area is 112 Å². The van der Waals surface area contributed by atoms with Crippen LogP contribution in [0.5, 0.6) is 0 Å². The summed E-state index contributed by atoms with van der Waals surface area (Å²) in [5.74, 6) is 0.583. The van der Waals surface area contributed by atoms with E-state index in [1.54, 1.807) is 0 Å². The minimum Gasteiger partial charge on any atom is -0.396 e. The highest BCUT2D eigenvalue weighted by molar-refractivity contribution is 4.98. The lowest BCUT2D eigenvalue weighted by atomic mass is 9.93. The van der Waals surface area contributed by atoms with Crippen molar-refractivity contribution in [1.29, 1.82) is 0 Å². The molecule has 0 radical (unpaired) electrons. The molecule has 1 saturated heterocycles. The molecule has 0 aliphatic carbocycles. The van der Waals surface area contributed by atoms with Crippen LogP contribution in [-0.2, 0) is 4.74 Å². The zero-order valence-electron chi connectivity index (χ0n) is 12.8. The molecule has 0 aromatic heterocycles. The van der Waals surface area contributed by atoms with Gasteiger partial charge in [-0.25, -0.2) is 0 Å². The van der Waals surface area contributed by atoms with Gasteiger partial charge in [-0.15, -0.1) is 0 Å². The highest BCUT2D eigenvalue weighted by Gasteiger charge is 2.45. The van der Waals surface area contributed by atoms with Gasteiger partial charge in [0.1, 0.15) is 0 Å². The van der Waals surface area contributed by atoms with Gasteiger partial charge in [-0.05, 0) is 59.4 Å². The summed E-state index contributed by atoms with van der Waals surface area (Å²) in [6, 6.07) is 0.408. The van der Waals surface area contributed by atoms with E-state index in [-0.39, 0.29) is 11.2 Å². The molecule has 108 valence electrons. The molecule has 0 aromatic carbocycles. The Kier molecular flexibility index (Phi) is 5.63. The van der Waals surface area contributed by atoms with Crippen molar-refractivity contribution in [3.8, 4) is 0 Å². The third-order valence-corrected chi connectivity index (χ3v) is 3.96. The summed E-state index contributed by atoms with van der Waals surface area (Å²) < 4.78 is 6.09. The maximum atomic E-state index is 9.09. The third kappa shape index (κ3) is 4.52. The van der Waals surface area contributed by atoms with Gasteiger partial charge in [0.15, 0.2) is 0 Å². The third-order valence-electron chi connectivity index (χ3n) is 3.96. The molecular weight excluding hydrogens is 226 g/mol. The van der Waals surface area contributed by atoms with Gasteiger partial charge in [0.05, 0.1) is 11.2 Å². The second kappa shape index (κ2) is 6.36. The van der Waals surface area contributed by atoms with Crippen LogP contribution in [0.15, 0.2) is 0 Å². The standard InChI is InChI=1S/C15H31NO2/c1-6-7-12(8-9-17)11-16-13-10-14(2,3)18-15(13,4)5/h12-13,16-17H,6-11H2,1-5H3. The van der Waals surface area contributed by atoms with E-state index >= 15 is 0 Å². The van der Waals surface area contributed by atoms with Gasteiger partial charge in [-0.2, -0.15) is 0 Å². The molecule has 2 atom stereocenters. The molecule has 1 fully saturated rings. The van der Waals surface area contributed by atoms with Crippen LogP contribution in [0, 0.1) is 5.92 Å². The van der Waals surface area contributed by atoms with E-state index in [2.05, 4.69) is 39.9 Å². The molecular formula is C15H31NO2.